The van der Waals surface area contributed by atoms with E-state index in [4.69, 9.17) is 0 Å². The summed E-state index contributed by atoms with van der Waals surface area (Å²) in [6.45, 7) is 3.39. The molecule has 2 atom stereocenters. The molecule has 3 rings (SSSR count). The molecule has 2 fully saturated rings. The zero-order valence-electron chi connectivity index (χ0n) is 11.8. The van der Waals surface area contributed by atoms with E-state index in [1.807, 2.05) is 36.1 Å². The number of aliphatic imine (C=N–C) groups is 1. The summed E-state index contributed by atoms with van der Waals surface area (Å²) in [4.78, 5) is 17.3. The van der Waals surface area contributed by atoms with Crippen LogP contribution < -0.4 is 4.90 Å². The molecular weight excluding hydrogens is 308 g/mol. The number of amides is 1. The Balaban J connectivity index is 2.05. The lowest BCUT2D eigenvalue weighted by atomic mass is 10.1. The predicted octanol–water partition coefficient (Wildman–Crippen LogP) is 1.62. The minimum absolute atomic E-state index is 0.0476. The first-order valence-electron chi connectivity index (χ1n) is 6.68. The van der Waals surface area contributed by atoms with Gasteiger partial charge in [0.15, 0.2) is 15.0 Å². The predicted molar refractivity (Wildman–Crippen MR) is 85.6 cm³/mol. The maximum absolute atomic E-state index is 11.9. The van der Waals surface area contributed by atoms with Gasteiger partial charge in [-0.2, -0.15) is 4.99 Å². The molecule has 0 spiro atoms. The Hall–Kier alpha value is -1.34. The van der Waals surface area contributed by atoms with Crippen molar-refractivity contribution in [1.29, 1.82) is 0 Å². The summed E-state index contributed by atoms with van der Waals surface area (Å²) in [6, 6.07) is 7.69. The second-order valence-corrected chi connectivity index (χ2v) is 8.78. The Morgan fingerprint density at radius 3 is 2.81 bits per heavy atom. The van der Waals surface area contributed by atoms with Gasteiger partial charge < -0.3 is 4.90 Å². The highest BCUT2D eigenvalue weighted by Crippen LogP contribution is 2.41. The van der Waals surface area contributed by atoms with Crippen LogP contribution >= 0.6 is 11.8 Å². The minimum atomic E-state index is -3.01. The molecule has 0 aromatic heterocycles. The molecule has 0 N–H and O–H groups in total. The lowest BCUT2D eigenvalue weighted by Crippen LogP contribution is -2.37. The standard InChI is InChI=1S/C14H16N2O3S2/c1-9-4-3-5-11(6-9)16-12-7-21(18,19)8-13(12)20-14(16)15-10(2)17/h3-6,12-13H,7-8H2,1-2H3/t12-,13-/m0/s1. The first-order valence-corrected chi connectivity index (χ1v) is 9.38. The van der Waals surface area contributed by atoms with Crippen LogP contribution in [0.4, 0.5) is 5.69 Å². The number of anilines is 1. The monoisotopic (exact) mass is 324 g/mol. The molecule has 2 heterocycles. The van der Waals surface area contributed by atoms with Gasteiger partial charge in [0.05, 0.1) is 17.5 Å². The topological polar surface area (TPSA) is 66.8 Å². The quantitative estimate of drug-likeness (QED) is 0.785. The number of nitrogens with zero attached hydrogens (tertiary/aromatic N) is 2. The highest BCUT2D eigenvalue weighted by molar-refractivity contribution is 8.16. The molecule has 0 aliphatic carbocycles. The van der Waals surface area contributed by atoms with Crippen molar-refractivity contribution in [2.75, 3.05) is 16.4 Å². The van der Waals surface area contributed by atoms with Crippen LogP contribution in [0.15, 0.2) is 29.3 Å². The molecule has 0 radical (unpaired) electrons. The van der Waals surface area contributed by atoms with Gasteiger partial charge in [-0.3, -0.25) is 4.79 Å². The van der Waals surface area contributed by atoms with Gasteiger partial charge in [-0.1, -0.05) is 23.9 Å². The number of aryl methyl sites for hydroxylation is 1. The van der Waals surface area contributed by atoms with Crippen LogP contribution in [0.2, 0.25) is 0 Å². The lowest BCUT2D eigenvalue weighted by molar-refractivity contribution is -0.115. The van der Waals surface area contributed by atoms with E-state index < -0.39 is 9.84 Å². The molecule has 112 valence electrons. The molecule has 0 unspecified atom stereocenters. The Morgan fingerprint density at radius 1 is 1.38 bits per heavy atom. The number of carbonyl (C=O) groups is 1. The van der Waals surface area contributed by atoms with Crippen molar-refractivity contribution < 1.29 is 13.2 Å². The van der Waals surface area contributed by atoms with Crippen LogP contribution in [0.1, 0.15) is 12.5 Å². The molecule has 21 heavy (non-hydrogen) atoms. The summed E-state index contributed by atoms with van der Waals surface area (Å²) >= 11 is 1.40. The van der Waals surface area contributed by atoms with Crippen molar-refractivity contribution in [3.8, 4) is 0 Å². The Morgan fingerprint density at radius 2 is 2.14 bits per heavy atom. The van der Waals surface area contributed by atoms with Gasteiger partial charge in [0, 0.05) is 17.9 Å². The molecule has 1 aromatic carbocycles. The largest absolute Gasteiger partial charge is 0.316 e. The first-order chi connectivity index (χ1) is 9.85. The Kier molecular flexibility index (Phi) is 3.57. The maximum atomic E-state index is 11.9. The number of amidine groups is 1. The highest BCUT2D eigenvalue weighted by atomic mass is 32.2. The van der Waals surface area contributed by atoms with E-state index in [0.717, 1.165) is 11.3 Å². The van der Waals surface area contributed by atoms with E-state index in [2.05, 4.69) is 4.99 Å². The summed E-state index contributed by atoms with van der Waals surface area (Å²) in [5.41, 5.74) is 1.98. The molecule has 7 heteroatoms. The fourth-order valence-corrected chi connectivity index (χ4v) is 6.74. The van der Waals surface area contributed by atoms with Crippen molar-refractivity contribution in [2.45, 2.75) is 25.1 Å². The van der Waals surface area contributed by atoms with E-state index >= 15 is 0 Å². The zero-order valence-corrected chi connectivity index (χ0v) is 13.4. The van der Waals surface area contributed by atoms with E-state index in [1.54, 1.807) is 0 Å². The van der Waals surface area contributed by atoms with E-state index in [9.17, 15) is 13.2 Å². The highest BCUT2D eigenvalue weighted by Gasteiger charge is 2.49. The number of carbonyl (C=O) groups excluding carboxylic acids is 1. The van der Waals surface area contributed by atoms with Crippen LogP contribution in [-0.4, -0.2) is 42.3 Å². The average Bonchev–Trinajstić information content (AvgIpc) is 2.79. The number of rotatable bonds is 1. The number of fused-ring (bicyclic) bond motifs is 1. The van der Waals surface area contributed by atoms with Gasteiger partial charge in [0.1, 0.15) is 0 Å². The molecule has 2 aliphatic heterocycles. The van der Waals surface area contributed by atoms with Gasteiger partial charge in [-0.05, 0) is 24.6 Å². The fraction of sp³-hybridized carbons (Fsp3) is 0.429. The van der Waals surface area contributed by atoms with Crippen molar-refractivity contribution in [3.63, 3.8) is 0 Å². The molecule has 2 saturated heterocycles. The van der Waals surface area contributed by atoms with Crippen molar-refractivity contribution in [2.24, 2.45) is 4.99 Å². The maximum Gasteiger partial charge on any atom is 0.244 e. The fourth-order valence-electron chi connectivity index (χ4n) is 2.78. The number of hydrogen-bond donors (Lipinski definition) is 0. The van der Waals surface area contributed by atoms with Crippen molar-refractivity contribution >= 4 is 38.4 Å². The SMILES string of the molecule is CC(=O)N=C1S[C@H]2CS(=O)(=O)C[C@@H]2N1c1cccc(C)c1. The van der Waals surface area contributed by atoms with Gasteiger partial charge in [0.25, 0.3) is 0 Å². The van der Waals surface area contributed by atoms with Crippen molar-refractivity contribution in [3.05, 3.63) is 29.8 Å². The van der Waals surface area contributed by atoms with Gasteiger partial charge in [-0.25, -0.2) is 8.42 Å². The number of benzene rings is 1. The molecule has 1 aromatic rings. The Labute approximate surface area is 128 Å². The third kappa shape index (κ3) is 2.85. The molecule has 1 amide bonds. The molecule has 0 saturated carbocycles. The zero-order chi connectivity index (χ0) is 15.2. The van der Waals surface area contributed by atoms with E-state index in [0.29, 0.717) is 5.17 Å². The second-order valence-electron chi connectivity index (χ2n) is 5.42. The van der Waals surface area contributed by atoms with E-state index in [-0.39, 0.29) is 28.7 Å². The van der Waals surface area contributed by atoms with Gasteiger partial charge in [-0.15, -0.1) is 0 Å². The molecule has 0 bridgehead atoms. The normalized spacial score (nSPS) is 28.9. The molecule has 2 aliphatic rings. The smallest absolute Gasteiger partial charge is 0.244 e. The number of sulfone groups is 1. The van der Waals surface area contributed by atoms with Gasteiger partial charge >= 0.3 is 0 Å². The average molecular weight is 324 g/mol. The first kappa shape index (κ1) is 14.6. The summed E-state index contributed by atoms with van der Waals surface area (Å²) < 4.78 is 23.7. The second kappa shape index (κ2) is 5.14. The number of hydrogen-bond acceptors (Lipinski definition) is 4. The summed E-state index contributed by atoms with van der Waals surface area (Å²) in [5.74, 6) is 0.00915. The summed E-state index contributed by atoms with van der Waals surface area (Å²) in [7, 11) is -3.01. The van der Waals surface area contributed by atoms with Crippen LogP contribution in [-0.2, 0) is 14.6 Å². The molecular formula is C14H16N2O3S2. The Bertz CT molecular complexity index is 727. The summed E-state index contributed by atoms with van der Waals surface area (Å²) in [5, 5.41) is 0.562. The van der Waals surface area contributed by atoms with Gasteiger partial charge in [0.2, 0.25) is 5.91 Å². The molecule has 5 nitrogen and oxygen atoms in total. The lowest BCUT2D eigenvalue weighted by Gasteiger charge is -2.24. The van der Waals surface area contributed by atoms with Crippen LogP contribution in [0, 0.1) is 6.92 Å². The van der Waals surface area contributed by atoms with Crippen molar-refractivity contribution in [1.82, 2.24) is 0 Å². The van der Waals surface area contributed by atoms with Crippen LogP contribution in [0.5, 0.6) is 0 Å². The number of thioether (sulfide) groups is 1. The third-order valence-corrected chi connectivity index (χ3v) is 6.81. The van der Waals surface area contributed by atoms with Crippen LogP contribution in [0.25, 0.3) is 0 Å². The van der Waals surface area contributed by atoms with Crippen LogP contribution in [0.3, 0.4) is 0 Å². The third-order valence-electron chi connectivity index (χ3n) is 3.60. The minimum Gasteiger partial charge on any atom is -0.316 e. The summed E-state index contributed by atoms with van der Waals surface area (Å²) in [6.07, 6.45) is 0. The van der Waals surface area contributed by atoms with E-state index in [1.165, 1.54) is 18.7 Å².